The number of benzene rings is 2. The number of allylic oxidation sites excluding steroid dienone is 1. The van der Waals surface area contributed by atoms with E-state index in [0.717, 1.165) is 17.2 Å². The van der Waals surface area contributed by atoms with Gasteiger partial charge in [0.1, 0.15) is 11.5 Å². The summed E-state index contributed by atoms with van der Waals surface area (Å²) in [5.41, 5.74) is 2.21. The van der Waals surface area contributed by atoms with Gasteiger partial charge in [0.2, 0.25) is 0 Å². The van der Waals surface area contributed by atoms with Crippen molar-refractivity contribution < 1.29 is 32.6 Å². The Hall–Kier alpha value is -3.72. The second-order valence-corrected chi connectivity index (χ2v) is 9.01. The molecule has 0 aliphatic carbocycles. The number of amides is 1. The SMILES string of the molecule is C/C=C\C1NC(C(=O)NCc2cc(Oc3ccc(CCC(=O)O)c(C)c3)ccc2C(F)(F)F)=CC1/C=C/Cl.CC. The first-order chi connectivity index (χ1) is 19.0. The van der Waals surface area contributed by atoms with Crippen LogP contribution < -0.4 is 15.4 Å². The summed E-state index contributed by atoms with van der Waals surface area (Å²) in [5, 5.41) is 14.5. The Labute approximate surface area is 237 Å². The summed E-state index contributed by atoms with van der Waals surface area (Å²) in [6.45, 7) is 7.27. The molecule has 2 aromatic rings. The van der Waals surface area contributed by atoms with Gasteiger partial charge in [-0.3, -0.25) is 9.59 Å². The third kappa shape index (κ3) is 9.19. The highest BCUT2D eigenvalue weighted by Crippen LogP contribution is 2.35. The van der Waals surface area contributed by atoms with E-state index in [1.54, 1.807) is 37.3 Å². The maximum Gasteiger partial charge on any atom is 0.416 e. The highest BCUT2D eigenvalue weighted by atomic mass is 35.5. The highest BCUT2D eigenvalue weighted by molar-refractivity contribution is 6.25. The van der Waals surface area contributed by atoms with Crippen molar-refractivity contribution in [2.24, 2.45) is 5.92 Å². The zero-order valence-electron chi connectivity index (χ0n) is 22.8. The fourth-order valence-electron chi connectivity index (χ4n) is 4.12. The van der Waals surface area contributed by atoms with Gasteiger partial charge >= 0.3 is 12.1 Å². The molecule has 3 N–H and O–H groups in total. The summed E-state index contributed by atoms with van der Waals surface area (Å²) < 4.78 is 46.8. The lowest BCUT2D eigenvalue weighted by Crippen LogP contribution is -2.33. The average Bonchev–Trinajstić information content (AvgIpc) is 3.30. The molecular formula is C30H34ClF3N2O4. The van der Waals surface area contributed by atoms with Crippen molar-refractivity contribution in [2.45, 2.75) is 59.3 Å². The molecule has 2 atom stereocenters. The van der Waals surface area contributed by atoms with Crippen molar-refractivity contribution in [1.82, 2.24) is 10.6 Å². The Morgan fingerprint density at radius 3 is 2.38 bits per heavy atom. The van der Waals surface area contributed by atoms with E-state index in [4.69, 9.17) is 21.4 Å². The first-order valence-electron chi connectivity index (χ1n) is 12.9. The summed E-state index contributed by atoms with van der Waals surface area (Å²) in [6.07, 6.45) is 2.79. The number of carboxylic acid groups (broad SMARTS) is 1. The lowest BCUT2D eigenvalue weighted by molar-refractivity contribution is -0.138. The molecule has 1 amide bonds. The molecule has 0 saturated carbocycles. The van der Waals surface area contributed by atoms with Crippen molar-refractivity contribution in [3.05, 3.63) is 94.2 Å². The molecule has 0 saturated heterocycles. The Balaban J connectivity index is 0.00000274. The van der Waals surface area contributed by atoms with Gasteiger partial charge in [-0.2, -0.15) is 13.2 Å². The van der Waals surface area contributed by atoms with Crippen LogP contribution in [0.25, 0.3) is 0 Å². The summed E-state index contributed by atoms with van der Waals surface area (Å²) >= 11 is 5.69. The van der Waals surface area contributed by atoms with E-state index >= 15 is 0 Å². The molecule has 1 aliphatic heterocycles. The van der Waals surface area contributed by atoms with Gasteiger partial charge in [0, 0.05) is 24.4 Å². The average molecular weight is 579 g/mol. The number of ether oxygens (including phenoxy) is 1. The third-order valence-corrected chi connectivity index (χ3v) is 6.16. The Morgan fingerprint density at radius 1 is 1.10 bits per heavy atom. The van der Waals surface area contributed by atoms with Crippen molar-refractivity contribution in [3.63, 3.8) is 0 Å². The normalized spacial score (nSPS) is 16.8. The number of carbonyl (C=O) groups excluding carboxylic acids is 1. The highest BCUT2D eigenvalue weighted by Gasteiger charge is 2.34. The van der Waals surface area contributed by atoms with E-state index in [-0.39, 0.29) is 41.9 Å². The van der Waals surface area contributed by atoms with E-state index in [1.807, 2.05) is 32.9 Å². The van der Waals surface area contributed by atoms with Gasteiger partial charge in [-0.25, -0.2) is 0 Å². The summed E-state index contributed by atoms with van der Waals surface area (Å²) in [4.78, 5) is 23.6. The van der Waals surface area contributed by atoms with E-state index in [9.17, 15) is 22.8 Å². The van der Waals surface area contributed by atoms with Crippen molar-refractivity contribution in [3.8, 4) is 11.5 Å². The predicted molar refractivity (Wildman–Crippen MR) is 150 cm³/mol. The quantitative estimate of drug-likeness (QED) is 0.258. The predicted octanol–water partition coefficient (Wildman–Crippen LogP) is 7.27. The number of aliphatic carboxylic acids is 1. The molecule has 2 aromatic carbocycles. The van der Waals surface area contributed by atoms with Crippen LogP contribution in [0.3, 0.4) is 0 Å². The van der Waals surface area contributed by atoms with Crippen LogP contribution in [0.4, 0.5) is 13.2 Å². The number of nitrogens with one attached hydrogen (secondary N) is 2. The molecule has 2 unspecified atom stereocenters. The summed E-state index contributed by atoms with van der Waals surface area (Å²) in [6, 6.07) is 8.24. The minimum absolute atomic E-state index is 0.0124. The maximum atomic E-state index is 13.7. The number of hydrogen-bond donors (Lipinski definition) is 3. The van der Waals surface area contributed by atoms with Crippen LogP contribution in [0, 0.1) is 12.8 Å². The molecule has 10 heteroatoms. The molecule has 6 nitrogen and oxygen atoms in total. The Bertz CT molecular complexity index is 1270. The minimum atomic E-state index is -4.63. The van der Waals surface area contributed by atoms with Gasteiger partial charge in [0.25, 0.3) is 5.91 Å². The first-order valence-corrected chi connectivity index (χ1v) is 13.3. The fourth-order valence-corrected chi connectivity index (χ4v) is 4.29. The van der Waals surface area contributed by atoms with E-state index < -0.39 is 23.6 Å². The van der Waals surface area contributed by atoms with Crippen LogP contribution in [-0.4, -0.2) is 23.0 Å². The monoisotopic (exact) mass is 578 g/mol. The lowest BCUT2D eigenvalue weighted by Gasteiger charge is -2.17. The molecule has 40 heavy (non-hydrogen) atoms. The van der Waals surface area contributed by atoms with Gasteiger partial charge in [0.05, 0.1) is 17.3 Å². The number of halogens is 4. The van der Waals surface area contributed by atoms with Crippen molar-refractivity contribution >= 4 is 23.5 Å². The van der Waals surface area contributed by atoms with Gasteiger partial charge in [-0.1, -0.05) is 49.7 Å². The van der Waals surface area contributed by atoms with Crippen LogP contribution in [0.5, 0.6) is 11.5 Å². The van der Waals surface area contributed by atoms with Crippen LogP contribution in [0.1, 0.15) is 49.4 Å². The van der Waals surface area contributed by atoms with Crippen LogP contribution in [0.2, 0.25) is 0 Å². The van der Waals surface area contributed by atoms with Gasteiger partial charge in [-0.15, -0.1) is 0 Å². The van der Waals surface area contributed by atoms with E-state index in [0.29, 0.717) is 12.2 Å². The number of hydrogen-bond acceptors (Lipinski definition) is 4. The molecule has 0 radical (unpaired) electrons. The molecule has 0 spiro atoms. The number of rotatable bonds is 10. The van der Waals surface area contributed by atoms with Gasteiger partial charge in [0.15, 0.2) is 0 Å². The standard InChI is InChI=1S/C28H28ClF3N2O4.C2H6/c1-3-4-24-19(11-12-29)15-25(34-24)27(37)33-16-20-14-22(8-9-23(20)28(30,31)32)38-21-7-5-18(17(2)13-21)6-10-26(35)36;1-2/h3-5,7-9,11-15,19,24,34H,6,10,16H2,1-2H3,(H,33,37)(H,35,36);1-2H3/b4-3-,12-11+;. The fraction of sp³-hybridized carbons (Fsp3) is 0.333. The molecule has 0 fully saturated rings. The number of alkyl halides is 3. The molecule has 0 aromatic heterocycles. The number of carbonyl (C=O) groups is 2. The maximum absolute atomic E-state index is 13.7. The minimum Gasteiger partial charge on any atom is -0.481 e. The second kappa shape index (κ2) is 15.2. The molecule has 0 bridgehead atoms. The van der Waals surface area contributed by atoms with Gasteiger partial charge in [-0.05, 0) is 73.4 Å². The topological polar surface area (TPSA) is 87.7 Å². The Morgan fingerprint density at radius 2 is 1.77 bits per heavy atom. The zero-order valence-corrected chi connectivity index (χ0v) is 23.6. The molecule has 216 valence electrons. The largest absolute Gasteiger partial charge is 0.481 e. The van der Waals surface area contributed by atoms with E-state index in [1.165, 1.54) is 17.7 Å². The summed E-state index contributed by atoms with van der Waals surface area (Å²) in [7, 11) is 0. The van der Waals surface area contributed by atoms with Gasteiger partial charge < -0.3 is 20.5 Å². The van der Waals surface area contributed by atoms with Crippen molar-refractivity contribution in [1.29, 1.82) is 0 Å². The summed E-state index contributed by atoms with van der Waals surface area (Å²) in [5.74, 6) is -1.06. The lowest BCUT2D eigenvalue weighted by atomic mass is 10.0. The van der Waals surface area contributed by atoms with Crippen molar-refractivity contribution in [2.75, 3.05) is 0 Å². The zero-order chi connectivity index (χ0) is 29.9. The molecule has 3 rings (SSSR count). The number of aryl methyl sites for hydroxylation is 2. The molecular weight excluding hydrogens is 545 g/mol. The van der Waals surface area contributed by atoms with Crippen LogP contribution in [-0.2, 0) is 28.7 Å². The molecule has 1 heterocycles. The second-order valence-electron chi connectivity index (χ2n) is 8.76. The smallest absolute Gasteiger partial charge is 0.416 e. The molecule has 1 aliphatic rings. The number of carboxylic acids is 1. The van der Waals surface area contributed by atoms with Crippen LogP contribution >= 0.6 is 11.6 Å². The van der Waals surface area contributed by atoms with Crippen LogP contribution in [0.15, 0.2) is 71.9 Å². The third-order valence-electron chi connectivity index (χ3n) is 6.01. The van der Waals surface area contributed by atoms with E-state index in [2.05, 4.69) is 10.6 Å². The first kappa shape index (κ1) is 32.5. The Kier molecular flexibility index (Phi) is 12.3.